The molecule has 0 unspecified atom stereocenters. The number of fused-ring (bicyclic) bond motifs is 1. The van der Waals surface area contributed by atoms with Crippen molar-refractivity contribution in [3.63, 3.8) is 0 Å². The van der Waals surface area contributed by atoms with Gasteiger partial charge in [0.1, 0.15) is 5.75 Å². The summed E-state index contributed by atoms with van der Waals surface area (Å²) in [5.41, 5.74) is 0.710. The minimum absolute atomic E-state index is 0.0154. The van der Waals surface area contributed by atoms with Crippen molar-refractivity contribution in [2.24, 2.45) is 0 Å². The van der Waals surface area contributed by atoms with Crippen LogP contribution in [0.3, 0.4) is 0 Å². The topological polar surface area (TPSA) is 78.9 Å². The van der Waals surface area contributed by atoms with Crippen LogP contribution in [0.15, 0.2) is 36.4 Å². The largest absolute Gasteiger partial charge is 0.496 e. The van der Waals surface area contributed by atoms with Crippen LogP contribution in [0.5, 0.6) is 5.75 Å². The van der Waals surface area contributed by atoms with Crippen LogP contribution >= 0.6 is 0 Å². The van der Waals surface area contributed by atoms with Crippen molar-refractivity contribution < 1.29 is 19.4 Å². The van der Waals surface area contributed by atoms with E-state index in [0.29, 0.717) is 45.2 Å². The van der Waals surface area contributed by atoms with Crippen molar-refractivity contribution in [1.29, 1.82) is 0 Å². The third kappa shape index (κ3) is 4.70. The third-order valence-electron chi connectivity index (χ3n) is 5.88. The number of hydrogen-bond donors (Lipinski definition) is 2. The number of benzene rings is 2. The van der Waals surface area contributed by atoms with Crippen molar-refractivity contribution in [3.8, 4) is 5.75 Å². The molecule has 1 aliphatic rings. The summed E-state index contributed by atoms with van der Waals surface area (Å²) in [5, 5.41) is 14.5. The number of amides is 2. The van der Waals surface area contributed by atoms with Crippen LogP contribution in [-0.4, -0.2) is 54.2 Å². The van der Waals surface area contributed by atoms with E-state index in [2.05, 4.69) is 17.4 Å². The molecule has 1 heterocycles. The van der Waals surface area contributed by atoms with Crippen molar-refractivity contribution in [1.82, 2.24) is 10.2 Å². The minimum Gasteiger partial charge on any atom is -0.496 e. The van der Waals surface area contributed by atoms with Gasteiger partial charge in [0.2, 0.25) is 11.8 Å². The number of ether oxygens (including phenoxy) is 1. The number of aliphatic hydroxyl groups excluding tert-OH is 1. The molecule has 2 aromatic carbocycles. The summed E-state index contributed by atoms with van der Waals surface area (Å²) in [4.78, 5) is 26.3. The molecule has 1 fully saturated rings. The summed E-state index contributed by atoms with van der Waals surface area (Å²) in [5.74, 6) is 0.881. The fraction of sp³-hybridized carbons (Fsp3) is 0.478. The summed E-state index contributed by atoms with van der Waals surface area (Å²) in [6.45, 7) is 2.78. The van der Waals surface area contributed by atoms with Gasteiger partial charge in [0.05, 0.1) is 13.7 Å². The van der Waals surface area contributed by atoms with Gasteiger partial charge in [0.25, 0.3) is 0 Å². The lowest BCUT2D eigenvalue weighted by Gasteiger charge is -2.31. The molecule has 1 saturated heterocycles. The molecule has 0 saturated carbocycles. The minimum atomic E-state index is -0.428. The highest BCUT2D eigenvalue weighted by Gasteiger charge is 2.38. The van der Waals surface area contributed by atoms with E-state index in [-0.39, 0.29) is 18.4 Å². The Labute approximate surface area is 171 Å². The van der Waals surface area contributed by atoms with Gasteiger partial charge in [-0.3, -0.25) is 9.59 Å². The molecule has 1 aliphatic heterocycles. The average molecular weight is 399 g/mol. The van der Waals surface area contributed by atoms with E-state index in [1.807, 2.05) is 31.2 Å². The van der Waals surface area contributed by atoms with Crippen LogP contribution in [0.1, 0.15) is 38.2 Å². The molecular weight excluding hydrogens is 368 g/mol. The van der Waals surface area contributed by atoms with E-state index in [1.165, 1.54) is 0 Å². The van der Waals surface area contributed by atoms with Crippen LogP contribution in [0, 0.1) is 0 Å². The van der Waals surface area contributed by atoms with Crippen molar-refractivity contribution in [2.75, 3.05) is 26.8 Å². The van der Waals surface area contributed by atoms with Gasteiger partial charge in [-0.2, -0.15) is 0 Å². The van der Waals surface area contributed by atoms with Gasteiger partial charge in [0, 0.05) is 36.9 Å². The molecule has 2 aromatic rings. The normalized spacial score (nSPS) is 18.7. The van der Waals surface area contributed by atoms with Gasteiger partial charge in [-0.15, -0.1) is 0 Å². The lowest BCUT2D eigenvalue weighted by atomic mass is 9.83. The first-order valence-corrected chi connectivity index (χ1v) is 10.3. The van der Waals surface area contributed by atoms with Crippen LogP contribution in [0.2, 0.25) is 0 Å². The fourth-order valence-electron chi connectivity index (χ4n) is 4.30. The highest BCUT2D eigenvalue weighted by Crippen LogP contribution is 2.35. The second-order valence-electron chi connectivity index (χ2n) is 7.67. The standard InChI is InChI=1S/C23H30N2O4/c1-3-25(14-15-26)22(28)11-13-23(12-10-21(27)24-23)16-17-8-9-20(29-2)19-7-5-4-6-18(17)19/h4-9,26H,3,10-16H2,1-2H3,(H,24,27)/t23-/m1/s1. The predicted molar refractivity (Wildman–Crippen MR) is 113 cm³/mol. The fourth-order valence-corrected chi connectivity index (χ4v) is 4.30. The smallest absolute Gasteiger partial charge is 0.222 e. The van der Waals surface area contributed by atoms with Crippen molar-refractivity contribution in [2.45, 2.75) is 44.6 Å². The molecule has 0 bridgehead atoms. The monoisotopic (exact) mass is 398 g/mol. The highest BCUT2D eigenvalue weighted by molar-refractivity contribution is 5.91. The SMILES string of the molecule is CCN(CCO)C(=O)CC[C@@]1(Cc2ccc(OC)c3ccccc23)CCC(=O)N1. The lowest BCUT2D eigenvalue weighted by Crippen LogP contribution is -2.45. The number of likely N-dealkylation sites (N-methyl/N-ethyl adjacent to an activating group) is 1. The maximum absolute atomic E-state index is 12.6. The van der Waals surface area contributed by atoms with E-state index in [4.69, 9.17) is 9.84 Å². The summed E-state index contributed by atoms with van der Waals surface area (Å²) in [7, 11) is 1.66. The lowest BCUT2D eigenvalue weighted by molar-refractivity contribution is -0.132. The first-order chi connectivity index (χ1) is 14.0. The molecule has 29 heavy (non-hydrogen) atoms. The van der Waals surface area contributed by atoms with Gasteiger partial charge < -0.3 is 20.1 Å². The second kappa shape index (κ2) is 9.27. The number of carbonyl (C=O) groups is 2. The molecule has 0 aromatic heterocycles. The number of nitrogens with zero attached hydrogens (tertiary/aromatic N) is 1. The zero-order valence-electron chi connectivity index (χ0n) is 17.2. The third-order valence-corrected chi connectivity index (χ3v) is 5.88. The summed E-state index contributed by atoms with van der Waals surface area (Å²) in [6.07, 6.45) is 2.80. The van der Waals surface area contributed by atoms with Crippen molar-refractivity contribution >= 4 is 22.6 Å². The van der Waals surface area contributed by atoms with Gasteiger partial charge in [0.15, 0.2) is 0 Å². The average Bonchev–Trinajstić information content (AvgIpc) is 3.11. The zero-order valence-corrected chi connectivity index (χ0v) is 17.2. The number of rotatable bonds is 9. The Morgan fingerprint density at radius 1 is 1.24 bits per heavy atom. The molecule has 0 spiro atoms. The number of methoxy groups -OCH3 is 1. The first-order valence-electron chi connectivity index (χ1n) is 10.3. The molecule has 2 amide bonds. The Kier molecular flexibility index (Phi) is 6.75. The first kappa shape index (κ1) is 21.1. The number of hydrogen-bond acceptors (Lipinski definition) is 4. The molecule has 0 radical (unpaired) electrons. The van der Waals surface area contributed by atoms with E-state index in [1.54, 1.807) is 12.0 Å². The van der Waals surface area contributed by atoms with Crippen LogP contribution in [0.4, 0.5) is 0 Å². The Balaban J connectivity index is 1.84. The second-order valence-corrected chi connectivity index (χ2v) is 7.67. The van der Waals surface area contributed by atoms with Crippen LogP contribution in [-0.2, 0) is 16.0 Å². The Hall–Kier alpha value is -2.60. The summed E-state index contributed by atoms with van der Waals surface area (Å²) in [6, 6.07) is 12.1. The maximum Gasteiger partial charge on any atom is 0.222 e. The van der Waals surface area contributed by atoms with Gasteiger partial charge in [-0.25, -0.2) is 0 Å². The molecule has 3 rings (SSSR count). The van der Waals surface area contributed by atoms with Crippen LogP contribution < -0.4 is 10.1 Å². The Bertz CT molecular complexity index is 882. The number of aliphatic hydroxyl groups is 1. The molecular formula is C23H30N2O4. The molecule has 2 N–H and O–H groups in total. The summed E-state index contributed by atoms with van der Waals surface area (Å²) < 4.78 is 5.49. The predicted octanol–water partition coefficient (Wildman–Crippen LogP) is 2.66. The molecule has 0 aliphatic carbocycles. The maximum atomic E-state index is 12.6. The highest BCUT2D eigenvalue weighted by atomic mass is 16.5. The molecule has 6 nitrogen and oxygen atoms in total. The number of nitrogens with one attached hydrogen (secondary N) is 1. The van der Waals surface area contributed by atoms with E-state index in [9.17, 15) is 9.59 Å². The number of carbonyl (C=O) groups excluding carboxylic acids is 2. The van der Waals surface area contributed by atoms with Gasteiger partial charge in [-0.1, -0.05) is 30.3 Å². The Morgan fingerprint density at radius 2 is 2.00 bits per heavy atom. The summed E-state index contributed by atoms with van der Waals surface area (Å²) >= 11 is 0. The van der Waals surface area contributed by atoms with Gasteiger partial charge in [-0.05, 0) is 43.2 Å². The van der Waals surface area contributed by atoms with Gasteiger partial charge >= 0.3 is 0 Å². The molecule has 6 heteroatoms. The quantitative estimate of drug-likeness (QED) is 0.681. The zero-order chi connectivity index (χ0) is 20.9. The molecule has 1 atom stereocenters. The Morgan fingerprint density at radius 3 is 2.62 bits per heavy atom. The molecule has 156 valence electrons. The van der Waals surface area contributed by atoms with Crippen molar-refractivity contribution in [3.05, 3.63) is 42.0 Å². The van der Waals surface area contributed by atoms with E-state index >= 15 is 0 Å². The van der Waals surface area contributed by atoms with Crippen LogP contribution in [0.25, 0.3) is 10.8 Å². The van der Waals surface area contributed by atoms with E-state index in [0.717, 1.165) is 22.1 Å². The van der Waals surface area contributed by atoms with E-state index < -0.39 is 5.54 Å².